The first-order chi connectivity index (χ1) is 10.7. The Balaban J connectivity index is 2.03. The van der Waals surface area contributed by atoms with Crippen LogP contribution >= 0.6 is 22.9 Å². The Kier molecular flexibility index (Phi) is 3.07. The molecule has 4 rings (SSSR count). The van der Waals surface area contributed by atoms with E-state index in [1.54, 1.807) is 0 Å². The van der Waals surface area contributed by atoms with Crippen molar-refractivity contribution in [3.05, 3.63) is 45.9 Å². The molecule has 3 aromatic rings. The van der Waals surface area contributed by atoms with Gasteiger partial charge < -0.3 is 5.73 Å². The van der Waals surface area contributed by atoms with Gasteiger partial charge in [0.05, 0.1) is 11.1 Å². The number of nitrogen functional groups attached to an aromatic ring is 1. The van der Waals surface area contributed by atoms with Gasteiger partial charge in [-0.1, -0.05) is 35.1 Å². The maximum Gasteiger partial charge on any atom is 0.271 e. The van der Waals surface area contributed by atoms with Crippen LogP contribution in [0.2, 0.25) is 5.02 Å². The normalized spacial score (nSPS) is 14.2. The first-order valence-corrected chi connectivity index (χ1v) is 8.31. The molecule has 1 saturated carbocycles. The van der Waals surface area contributed by atoms with Crippen LogP contribution in [0.3, 0.4) is 0 Å². The average Bonchev–Trinajstić information content (AvgIpc) is 3.32. The summed E-state index contributed by atoms with van der Waals surface area (Å²) in [6, 6.07) is 12.1. The standard InChI is InChI=1S/C17H12ClN3S/c18-11-5-3-9(4-6-11)12-7-13(10-1-2-10)21-17-15(12)16(20)14(8-19)22-17/h3-7,10H,1-2,20H2/p+1. The second-order valence-corrected chi connectivity index (χ2v) is 7.04. The van der Waals surface area contributed by atoms with Crippen molar-refractivity contribution in [3.8, 4) is 17.2 Å². The topological polar surface area (TPSA) is 64.0 Å². The molecule has 0 atom stereocenters. The van der Waals surface area contributed by atoms with E-state index in [4.69, 9.17) is 17.3 Å². The molecule has 2 aromatic heterocycles. The van der Waals surface area contributed by atoms with Gasteiger partial charge in [-0.2, -0.15) is 10.2 Å². The molecule has 0 bridgehead atoms. The number of hydrogen-bond donors (Lipinski definition) is 1. The van der Waals surface area contributed by atoms with Gasteiger partial charge in [-0.25, -0.2) is 0 Å². The molecule has 0 amide bonds. The molecule has 1 aliphatic rings. The number of aromatic nitrogens is 1. The van der Waals surface area contributed by atoms with E-state index in [0.29, 0.717) is 21.5 Å². The first-order valence-electron chi connectivity index (χ1n) is 7.11. The minimum Gasteiger partial charge on any atom is -0.396 e. The summed E-state index contributed by atoms with van der Waals surface area (Å²) in [4.78, 5) is 5.01. The van der Waals surface area contributed by atoms with Crippen LogP contribution in [0.25, 0.3) is 21.3 Å². The Hall–Kier alpha value is -2.09. The number of H-pyrrole nitrogens is 1. The van der Waals surface area contributed by atoms with Crippen LogP contribution in [0, 0.1) is 11.3 Å². The number of fused-ring (bicyclic) bond motifs is 1. The molecule has 22 heavy (non-hydrogen) atoms. The number of benzene rings is 1. The average molecular weight is 327 g/mol. The van der Waals surface area contributed by atoms with E-state index in [-0.39, 0.29) is 0 Å². The van der Waals surface area contributed by atoms with Gasteiger partial charge in [0, 0.05) is 22.6 Å². The fourth-order valence-electron chi connectivity index (χ4n) is 2.75. The summed E-state index contributed by atoms with van der Waals surface area (Å²) in [6.45, 7) is 0. The van der Waals surface area contributed by atoms with E-state index >= 15 is 0 Å². The number of rotatable bonds is 2. The summed E-state index contributed by atoms with van der Waals surface area (Å²) >= 11 is 7.42. The number of anilines is 1. The van der Waals surface area contributed by atoms with E-state index in [0.717, 1.165) is 21.3 Å². The SMILES string of the molecule is N#Cc1sc2[nH+]c(C3CC3)cc(-c3ccc(Cl)cc3)c2c1N. The van der Waals surface area contributed by atoms with Crippen LogP contribution in [0.15, 0.2) is 30.3 Å². The second kappa shape index (κ2) is 4.98. The molecule has 0 saturated heterocycles. The number of nitriles is 1. The number of hydrogen-bond acceptors (Lipinski definition) is 3. The van der Waals surface area contributed by atoms with Gasteiger partial charge in [-0.05, 0) is 30.5 Å². The highest BCUT2D eigenvalue weighted by atomic mass is 35.5. The third-order valence-corrected chi connectivity index (χ3v) is 5.32. The smallest absolute Gasteiger partial charge is 0.271 e. The molecule has 0 aliphatic heterocycles. The van der Waals surface area contributed by atoms with Gasteiger partial charge >= 0.3 is 0 Å². The molecule has 3 nitrogen and oxygen atoms in total. The number of aromatic amines is 1. The van der Waals surface area contributed by atoms with E-state index in [1.165, 1.54) is 29.9 Å². The molecule has 1 aromatic carbocycles. The monoisotopic (exact) mass is 326 g/mol. The number of pyridine rings is 1. The highest BCUT2D eigenvalue weighted by molar-refractivity contribution is 7.19. The molecule has 2 heterocycles. The lowest BCUT2D eigenvalue weighted by Gasteiger charge is -2.04. The lowest BCUT2D eigenvalue weighted by Crippen LogP contribution is -2.10. The zero-order valence-electron chi connectivity index (χ0n) is 11.7. The summed E-state index contributed by atoms with van der Waals surface area (Å²) in [5.74, 6) is 0.601. The Bertz CT molecular complexity index is 918. The first kappa shape index (κ1) is 13.6. The van der Waals surface area contributed by atoms with Crippen LogP contribution < -0.4 is 10.7 Å². The van der Waals surface area contributed by atoms with Gasteiger partial charge in [0.1, 0.15) is 10.9 Å². The number of nitrogens with one attached hydrogen (secondary N) is 1. The van der Waals surface area contributed by atoms with Gasteiger partial charge in [-0.15, -0.1) is 0 Å². The molecule has 1 aliphatic carbocycles. The van der Waals surface area contributed by atoms with Crippen molar-refractivity contribution >= 4 is 38.8 Å². The minimum atomic E-state index is 0.561. The van der Waals surface area contributed by atoms with Gasteiger partial charge in [0.2, 0.25) is 0 Å². The lowest BCUT2D eigenvalue weighted by molar-refractivity contribution is -0.354. The van der Waals surface area contributed by atoms with Crippen molar-refractivity contribution in [1.82, 2.24) is 0 Å². The Labute approximate surface area is 137 Å². The minimum absolute atomic E-state index is 0.561. The molecular weight excluding hydrogens is 314 g/mol. The molecule has 0 unspecified atom stereocenters. The van der Waals surface area contributed by atoms with E-state index in [2.05, 4.69) is 17.1 Å². The van der Waals surface area contributed by atoms with Crippen LogP contribution in [0.4, 0.5) is 5.69 Å². The lowest BCUT2D eigenvalue weighted by atomic mass is 10.0. The molecule has 0 spiro atoms. The molecule has 1 fully saturated rings. The molecule has 0 radical (unpaired) electrons. The van der Waals surface area contributed by atoms with Gasteiger partial charge in [0.25, 0.3) is 4.83 Å². The number of nitrogens with zero attached hydrogens (tertiary/aromatic N) is 1. The fraction of sp³-hybridized carbons (Fsp3) is 0.176. The van der Waals surface area contributed by atoms with Crippen LogP contribution in [0.5, 0.6) is 0 Å². The summed E-state index contributed by atoms with van der Waals surface area (Å²) in [5, 5.41) is 10.9. The van der Waals surface area contributed by atoms with Gasteiger partial charge in [-0.3, -0.25) is 0 Å². The highest BCUT2D eigenvalue weighted by Crippen LogP contribution is 2.43. The van der Waals surface area contributed by atoms with E-state index in [1.807, 2.05) is 24.3 Å². The Morgan fingerprint density at radius 1 is 1.27 bits per heavy atom. The summed E-state index contributed by atoms with van der Waals surface area (Å²) in [6.07, 6.45) is 2.43. The zero-order chi connectivity index (χ0) is 15.3. The largest absolute Gasteiger partial charge is 0.396 e. The fourth-order valence-corrected chi connectivity index (χ4v) is 3.83. The molecule has 108 valence electrons. The van der Waals surface area contributed by atoms with Gasteiger partial charge in [0.15, 0.2) is 5.69 Å². The maximum absolute atomic E-state index is 9.26. The van der Waals surface area contributed by atoms with Crippen molar-refractivity contribution in [1.29, 1.82) is 5.26 Å². The molecule has 5 heteroatoms. The van der Waals surface area contributed by atoms with Crippen molar-refractivity contribution in [3.63, 3.8) is 0 Å². The number of halogens is 1. The molecular formula is C17H13ClN3S+. The van der Waals surface area contributed by atoms with Crippen molar-refractivity contribution in [2.75, 3.05) is 5.73 Å². The highest BCUT2D eigenvalue weighted by Gasteiger charge is 2.32. The van der Waals surface area contributed by atoms with Crippen molar-refractivity contribution in [2.24, 2.45) is 0 Å². The predicted molar refractivity (Wildman–Crippen MR) is 89.9 cm³/mol. The second-order valence-electron chi connectivity index (χ2n) is 5.58. The van der Waals surface area contributed by atoms with Crippen LogP contribution in [-0.2, 0) is 0 Å². The van der Waals surface area contributed by atoms with Crippen molar-refractivity contribution in [2.45, 2.75) is 18.8 Å². The number of nitrogens with two attached hydrogens (primary N) is 1. The maximum atomic E-state index is 9.26. The predicted octanol–water partition coefficient (Wildman–Crippen LogP) is 4.37. The van der Waals surface area contributed by atoms with E-state index < -0.39 is 0 Å². The third kappa shape index (κ3) is 2.14. The van der Waals surface area contributed by atoms with Crippen LogP contribution in [0.1, 0.15) is 29.3 Å². The Morgan fingerprint density at radius 2 is 2.00 bits per heavy atom. The summed E-state index contributed by atoms with van der Waals surface area (Å²) in [5.41, 5.74) is 10.1. The molecule has 3 N–H and O–H groups in total. The van der Waals surface area contributed by atoms with Crippen molar-refractivity contribution < 1.29 is 4.98 Å². The number of thiophene rings is 1. The summed E-state index contributed by atoms with van der Waals surface area (Å²) < 4.78 is 0. The van der Waals surface area contributed by atoms with Crippen LogP contribution in [-0.4, -0.2) is 0 Å². The zero-order valence-corrected chi connectivity index (χ0v) is 13.3. The Morgan fingerprint density at radius 3 is 2.64 bits per heavy atom. The summed E-state index contributed by atoms with van der Waals surface area (Å²) in [7, 11) is 0. The third-order valence-electron chi connectivity index (χ3n) is 4.05. The van der Waals surface area contributed by atoms with E-state index in [9.17, 15) is 5.26 Å². The quantitative estimate of drug-likeness (QED) is 0.760.